The molecule has 0 unspecified atom stereocenters. The lowest BCUT2D eigenvalue weighted by molar-refractivity contribution is 0.0603. The van der Waals surface area contributed by atoms with E-state index in [4.69, 9.17) is 23.7 Å². The second-order valence-corrected chi connectivity index (χ2v) is 7.32. The summed E-state index contributed by atoms with van der Waals surface area (Å²) < 4.78 is 26.1. The number of rotatable bonds is 8. The van der Waals surface area contributed by atoms with Crippen LogP contribution in [0.3, 0.4) is 0 Å². The molecule has 0 saturated heterocycles. The summed E-state index contributed by atoms with van der Waals surface area (Å²) in [4.78, 5) is 25.6. The van der Waals surface area contributed by atoms with Crippen LogP contribution in [0.1, 0.15) is 20.7 Å². The van der Waals surface area contributed by atoms with E-state index < -0.39 is 11.9 Å². The molecule has 1 N–H and O–H groups in total. The molecule has 1 aromatic heterocycles. The summed E-state index contributed by atoms with van der Waals surface area (Å²) in [6, 6.07) is 10.3. The number of anilines is 1. The van der Waals surface area contributed by atoms with Gasteiger partial charge in [0, 0.05) is 16.5 Å². The number of thiophene rings is 1. The van der Waals surface area contributed by atoms with Crippen LogP contribution < -0.4 is 24.3 Å². The minimum absolute atomic E-state index is 0.267. The van der Waals surface area contributed by atoms with Crippen LogP contribution in [0.15, 0.2) is 41.8 Å². The summed E-state index contributed by atoms with van der Waals surface area (Å²) in [5.74, 6) is 0.750. The van der Waals surface area contributed by atoms with Crippen LogP contribution in [0.4, 0.5) is 5.00 Å². The number of ether oxygens (including phenoxy) is 5. The van der Waals surface area contributed by atoms with Crippen LogP contribution in [-0.4, -0.2) is 47.4 Å². The SMILES string of the molecule is COC(=O)c1c(-c2ccc(OC)cc2)csc1NC(=O)c1cc(OC)c(OC)c(OC)c1. The van der Waals surface area contributed by atoms with Gasteiger partial charge in [-0.05, 0) is 29.8 Å². The van der Waals surface area contributed by atoms with Crippen LogP contribution in [0, 0.1) is 0 Å². The number of hydrogen-bond acceptors (Lipinski definition) is 8. The van der Waals surface area contributed by atoms with Crippen LogP contribution in [0.2, 0.25) is 0 Å². The Morgan fingerprint density at radius 2 is 1.47 bits per heavy atom. The number of hydrogen-bond donors (Lipinski definition) is 1. The Labute approximate surface area is 189 Å². The van der Waals surface area contributed by atoms with Gasteiger partial charge in [0.15, 0.2) is 11.5 Å². The summed E-state index contributed by atoms with van der Waals surface area (Å²) in [5.41, 5.74) is 1.97. The molecule has 0 atom stereocenters. The second-order valence-electron chi connectivity index (χ2n) is 6.44. The largest absolute Gasteiger partial charge is 0.497 e. The fourth-order valence-corrected chi connectivity index (χ4v) is 4.08. The van der Waals surface area contributed by atoms with Crippen LogP contribution >= 0.6 is 11.3 Å². The van der Waals surface area contributed by atoms with E-state index in [9.17, 15) is 9.59 Å². The molecular formula is C23H23NO7S. The third-order valence-corrected chi connectivity index (χ3v) is 5.63. The fourth-order valence-electron chi connectivity index (χ4n) is 3.13. The van der Waals surface area contributed by atoms with Crippen molar-refractivity contribution in [3.8, 4) is 34.1 Å². The fraction of sp³-hybridized carbons (Fsp3) is 0.217. The number of esters is 1. The van der Waals surface area contributed by atoms with Crippen molar-refractivity contribution in [1.82, 2.24) is 0 Å². The summed E-state index contributed by atoms with van der Waals surface area (Å²) in [5, 5.41) is 4.95. The monoisotopic (exact) mass is 457 g/mol. The zero-order chi connectivity index (χ0) is 23.3. The highest BCUT2D eigenvalue weighted by atomic mass is 32.1. The quantitative estimate of drug-likeness (QED) is 0.498. The smallest absolute Gasteiger partial charge is 0.341 e. The lowest BCUT2D eigenvalue weighted by Gasteiger charge is -2.14. The Hall–Kier alpha value is -3.72. The topological polar surface area (TPSA) is 92.3 Å². The highest BCUT2D eigenvalue weighted by molar-refractivity contribution is 7.15. The van der Waals surface area contributed by atoms with E-state index in [-0.39, 0.29) is 11.1 Å². The first-order valence-corrected chi connectivity index (χ1v) is 10.3. The highest BCUT2D eigenvalue weighted by Crippen LogP contribution is 2.40. The maximum atomic E-state index is 13.0. The molecule has 0 spiro atoms. The number of amides is 1. The zero-order valence-corrected chi connectivity index (χ0v) is 19.1. The average molecular weight is 458 g/mol. The molecule has 0 fully saturated rings. The Kier molecular flexibility index (Phi) is 7.21. The molecule has 8 nitrogen and oxygen atoms in total. The number of carbonyl (C=O) groups is 2. The number of nitrogens with one attached hydrogen (secondary N) is 1. The molecule has 0 bridgehead atoms. The van der Waals surface area contributed by atoms with Gasteiger partial charge < -0.3 is 29.0 Å². The maximum Gasteiger partial charge on any atom is 0.341 e. The second kappa shape index (κ2) is 10.1. The molecule has 3 aromatic rings. The van der Waals surface area contributed by atoms with Crippen molar-refractivity contribution in [3.05, 3.63) is 52.9 Å². The Bertz CT molecular complexity index is 1100. The number of benzene rings is 2. The molecule has 2 aromatic carbocycles. The van der Waals surface area contributed by atoms with Gasteiger partial charge >= 0.3 is 5.97 Å². The van der Waals surface area contributed by atoms with E-state index in [2.05, 4.69) is 5.32 Å². The summed E-state index contributed by atoms with van der Waals surface area (Å²) in [6.45, 7) is 0. The molecule has 0 aliphatic carbocycles. The zero-order valence-electron chi connectivity index (χ0n) is 18.3. The molecule has 0 radical (unpaired) electrons. The Balaban J connectivity index is 1.99. The van der Waals surface area contributed by atoms with E-state index in [1.54, 1.807) is 24.6 Å². The summed E-state index contributed by atoms with van der Waals surface area (Å²) in [6.07, 6.45) is 0. The van der Waals surface area contributed by atoms with Crippen molar-refractivity contribution in [3.63, 3.8) is 0 Å². The van der Waals surface area contributed by atoms with Gasteiger partial charge in [0.05, 0.1) is 35.5 Å². The van der Waals surface area contributed by atoms with Crippen molar-refractivity contribution in [2.24, 2.45) is 0 Å². The first kappa shape index (κ1) is 23.0. The van der Waals surface area contributed by atoms with Crippen LogP contribution in [-0.2, 0) is 4.74 Å². The van der Waals surface area contributed by atoms with E-state index in [0.717, 1.165) is 5.56 Å². The van der Waals surface area contributed by atoms with E-state index in [0.29, 0.717) is 33.6 Å². The Morgan fingerprint density at radius 1 is 0.844 bits per heavy atom. The maximum absolute atomic E-state index is 13.0. The summed E-state index contributed by atoms with van der Waals surface area (Å²) >= 11 is 1.22. The van der Waals surface area contributed by atoms with Crippen molar-refractivity contribution in [1.29, 1.82) is 0 Å². The molecule has 168 valence electrons. The van der Waals surface area contributed by atoms with Gasteiger partial charge in [0.2, 0.25) is 5.75 Å². The number of carbonyl (C=O) groups excluding carboxylic acids is 2. The van der Waals surface area contributed by atoms with E-state index in [1.807, 2.05) is 12.1 Å². The van der Waals surface area contributed by atoms with Gasteiger partial charge in [-0.2, -0.15) is 0 Å². The van der Waals surface area contributed by atoms with Gasteiger partial charge in [0.1, 0.15) is 16.3 Å². The molecule has 1 amide bonds. The standard InChI is InChI=1S/C23H23NO7S/c1-27-15-8-6-13(7-9-15)16-12-32-22(19(16)23(26)31-5)24-21(25)14-10-17(28-2)20(30-4)18(11-14)29-3/h6-12H,1-5H3,(H,24,25). The van der Waals surface area contributed by atoms with Gasteiger partial charge in [-0.15, -0.1) is 11.3 Å². The van der Waals surface area contributed by atoms with Gasteiger partial charge in [0.25, 0.3) is 5.91 Å². The predicted octanol–water partition coefficient (Wildman–Crippen LogP) is 4.49. The predicted molar refractivity (Wildman–Crippen MR) is 122 cm³/mol. The normalized spacial score (nSPS) is 10.3. The van der Waals surface area contributed by atoms with Crippen molar-refractivity contribution in [2.75, 3.05) is 40.9 Å². The summed E-state index contributed by atoms with van der Waals surface area (Å²) in [7, 11) is 7.29. The average Bonchev–Trinajstić information content (AvgIpc) is 3.25. The molecule has 0 saturated carbocycles. The van der Waals surface area contributed by atoms with Gasteiger partial charge in [-0.3, -0.25) is 4.79 Å². The van der Waals surface area contributed by atoms with Crippen LogP contribution in [0.5, 0.6) is 23.0 Å². The van der Waals surface area contributed by atoms with Gasteiger partial charge in [-0.25, -0.2) is 4.79 Å². The van der Waals surface area contributed by atoms with Crippen molar-refractivity contribution < 1.29 is 33.3 Å². The third-order valence-electron chi connectivity index (χ3n) is 4.74. The lowest BCUT2D eigenvalue weighted by atomic mass is 10.0. The van der Waals surface area contributed by atoms with Crippen molar-refractivity contribution in [2.45, 2.75) is 0 Å². The minimum atomic E-state index is -0.558. The molecule has 0 aliphatic heterocycles. The van der Waals surface area contributed by atoms with E-state index >= 15 is 0 Å². The van der Waals surface area contributed by atoms with E-state index in [1.165, 1.54) is 51.9 Å². The van der Waals surface area contributed by atoms with Crippen LogP contribution in [0.25, 0.3) is 11.1 Å². The van der Waals surface area contributed by atoms with Gasteiger partial charge in [-0.1, -0.05) is 12.1 Å². The molecule has 0 aliphatic rings. The molecule has 32 heavy (non-hydrogen) atoms. The molecular weight excluding hydrogens is 434 g/mol. The lowest BCUT2D eigenvalue weighted by Crippen LogP contribution is -2.14. The Morgan fingerprint density at radius 3 is 1.97 bits per heavy atom. The first-order chi connectivity index (χ1) is 15.5. The van der Waals surface area contributed by atoms with Crippen molar-refractivity contribution >= 4 is 28.2 Å². The molecule has 3 rings (SSSR count). The molecule has 1 heterocycles. The minimum Gasteiger partial charge on any atom is -0.497 e. The third kappa shape index (κ3) is 4.47. The number of methoxy groups -OCH3 is 5. The first-order valence-electron chi connectivity index (χ1n) is 9.42. The highest BCUT2D eigenvalue weighted by Gasteiger charge is 2.24. The molecule has 9 heteroatoms.